The number of benzene rings is 2. The SMILES string of the molecule is CC[C@H](COC(=O)Nc1ccc(C)cc1)N1C(=O)CS[C@@H]1c1ccc(C)cc1. The van der Waals surface area contributed by atoms with Gasteiger partial charge in [0.2, 0.25) is 5.91 Å². The van der Waals surface area contributed by atoms with E-state index in [1.165, 1.54) is 5.56 Å². The van der Waals surface area contributed by atoms with E-state index in [0.29, 0.717) is 17.9 Å². The Labute approximate surface area is 170 Å². The van der Waals surface area contributed by atoms with Crippen molar-refractivity contribution in [1.82, 2.24) is 4.90 Å². The van der Waals surface area contributed by atoms with Gasteiger partial charge >= 0.3 is 6.09 Å². The molecular formula is C22H26N2O3S. The number of aryl methyl sites for hydroxylation is 2. The molecule has 1 aliphatic heterocycles. The van der Waals surface area contributed by atoms with Crippen LogP contribution in [0, 0.1) is 13.8 Å². The van der Waals surface area contributed by atoms with Gasteiger partial charge in [-0.05, 0) is 38.0 Å². The van der Waals surface area contributed by atoms with E-state index < -0.39 is 6.09 Å². The quantitative estimate of drug-likeness (QED) is 0.751. The van der Waals surface area contributed by atoms with Gasteiger partial charge in [-0.1, -0.05) is 54.4 Å². The van der Waals surface area contributed by atoms with Gasteiger partial charge < -0.3 is 9.64 Å². The molecule has 1 saturated heterocycles. The standard InChI is InChI=1S/C22H26N2O3S/c1-4-19(13-27-22(26)23-18-11-7-16(3)8-12-18)24-20(25)14-28-21(24)17-9-5-15(2)6-10-17/h5-12,19,21H,4,13-14H2,1-3H3,(H,23,26)/t19-,21-/m1/s1. The van der Waals surface area contributed by atoms with Crippen LogP contribution in [0.5, 0.6) is 0 Å². The molecule has 0 spiro atoms. The number of anilines is 1. The number of nitrogens with zero attached hydrogens (tertiary/aromatic N) is 1. The third-order valence-corrected chi connectivity index (χ3v) is 6.07. The van der Waals surface area contributed by atoms with Gasteiger partial charge in [0.25, 0.3) is 0 Å². The van der Waals surface area contributed by atoms with Gasteiger partial charge in [0, 0.05) is 5.69 Å². The Bertz CT molecular complexity index is 821. The summed E-state index contributed by atoms with van der Waals surface area (Å²) in [5.74, 6) is 0.537. The van der Waals surface area contributed by atoms with Gasteiger partial charge in [-0.2, -0.15) is 0 Å². The fourth-order valence-corrected chi connectivity index (χ4v) is 4.43. The van der Waals surface area contributed by atoms with Crippen molar-refractivity contribution < 1.29 is 14.3 Å². The van der Waals surface area contributed by atoms with Gasteiger partial charge in [-0.25, -0.2) is 4.79 Å². The van der Waals surface area contributed by atoms with Crippen molar-refractivity contribution in [3.05, 3.63) is 65.2 Å². The van der Waals surface area contributed by atoms with E-state index in [1.807, 2.05) is 49.9 Å². The topological polar surface area (TPSA) is 58.6 Å². The zero-order valence-electron chi connectivity index (χ0n) is 16.5. The first-order chi connectivity index (χ1) is 13.5. The highest BCUT2D eigenvalue weighted by Gasteiger charge is 2.37. The van der Waals surface area contributed by atoms with E-state index >= 15 is 0 Å². The average molecular weight is 399 g/mol. The van der Waals surface area contributed by atoms with E-state index in [2.05, 4.69) is 29.6 Å². The summed E-state index contributed by atoms with van der Waals surface area (Å²) >= 11 is 1.62. The van der Waals surface area contributed by atoms with Crippen molar-refractivity contribution in [2.75, 3.05) is 17.7 Å². The first-order valence-corrected chi connectivity index (χ1v) is 10.5. The third-order valence-electron chi connectivity index (χ3n) is 4.84. The Morgan fingerprint density at radius 1 is 1.14 bits per heavy atom. The van der Waals surface area contributed by atoms with Crippen LogP contribution in [0.2, 0.25) is 0 Å². The molecule has 1 aliphatic rings. The molecule has 0 radical (unpaired) electrons. The summed E-state index contributed by atoms with van der Waals surface area (Å²) < 4.78 is 5.44. The molecule has 1 fully saturated rings. The minimum Gasteiger partial charge on any atom is -0.447 e. The molecule has 0 saturated carbocycles. The Morgan fingerprint density at radius 3 is 2.36 bits per heavy atom. The van der Waals surface area contributed by atoms with Crippen LogP contribution in [0.3, 0.4) is 0 Å². The van der Waals surface area contributed by atoms with Crippen LogP contribution < -0.4 is 5.32 Å². The molecule has 2 atom stereocenters. The lowest BCUT2D eigenvalue weighted by atomic mass is 10.1. The van der Waals surface area contributed by atoms with Crippen LogP contribution in [0.15, 0.2) is 48.5 Å². The number of ether oxygens (including phenoxy) is 1. The molecule has 6 heteroatoms. The first kappa shape index (κ1) is 20.3. The summed E-state index contributed by atoms with van der Waals surface area (Å²) in [4.78, 5) is 26.6. The zero-order valence-corrected chi connectivity index (χ0v) is 17.3. The number of nitrogens with one attached hydrogen (secondary N) is 1. The predicted octanol–water partition coefficient (Wildman–Crippen LogP) is 4.90. The van der Waals surface area contributed by atoms with Gasteiger partial charge in [-0.15, -0.1) is 11.8 Å². The van der Waals surface area contributed by atoms with E-state index in [-0.39, 0.29) is 23.9 Å². The second-order valence-corrected chi connectivity index (χ2v) is 8.10. The van der Waals surface area contributed by atoms with Crippen molar-refractivity contribution in [2.24, 2.45) is 0 Å². The lowest BCUT2D eigenvalue weighted by Crippen LogP contribution is -2.41. The normalized spacial score (nSPS) is 17.5. The van der Waals surface area contributed by atoms with Gasteiger partial charge in [0.05, 0.1) is 11.8 Å². The number of rotatable bonds is 6. The van der Waals surface area contributed by atoms with E-state index in [1.54, 1.807) is 11.8 Å². The molecular weight excluding hydrogens is 372 g/mol. The molecule has 1 heterocycles. The first-order valence-electron chi connectivity index (χ1n) is 9.47. The highest BCUT2D eigenvalue weighted by atomic mass is 32.2. The Kier molecular flexibility index (Phi) is 6.62. The van der Waals surface area contributed by atoms with Gasteiger partial charge in [0.15, 0.2) is 0 Å². The molecule has 1 N–H and O–H groups in total. The van der Waals surface area contributed by atoms with Crippen LogP contribution in [-0.4, -0.2) is 35.3 Å². The maximum absolute atomic E-state index is 12.5. The van der Waals surface area contributed by atoms with Crippen molar-refractivity contribution in [1.29, 1.82) is 0 Å². The lowest BCUT2D eigenvalue weighted by Gasteiger charge is -2.32. The van der Waals surface area contributed by atoms with Crippen LogP contribution in [0.1, 0.15) is 35.4 Å². The molecule has 5 nitrogen and oxygen atoms in total. The molecule has 28 heavy (non-hydrogen) atoms. The average Bonchev–Trinajstić information content (AvgIpc) is 3.06. The van der Waals surface area contributed by atoms with Crippen LogP contribution >= 0.6 is 11.8 Å². The predicted molar refractivity (Wildman–Crippen MR) is 113 cm³/mol. The van der Waals surface area contributed by atoms with Crippen LogP contribution in [-0.2, 0) is 9.53 Å². The minimum atomic E-state index is -0.506. The highest BCUT2D eigenvalue weighted by Crippen LogP contribution is 2.40. The van der Waals surface area contributed by atoms with Crippen LogP contribution in [0.4, 0.5) is 10.5 Å². The Hall–Kier alpha value is -2.47. The third kappa shape index (κ3) is 4.87. The molecule has 2 amide bonds. The summed E-state index contributed by atoms with van der Waals surface area (Å²) in [6, 6.07) is 15.6. The largest absolute Gasteiger partial charge is 0.447 e. The summed E-state index contributed by atoms with van der Waals surface area (Å²) in [7, 11) is 0. The van der Waals surface area contributed by atoms with Crippen molar-refractivity contribution in [2.45, 2.75) is 38.6 Å². The van der Waals surface area contributed by atoms with Crippen molar-refractivity contribution in [3.8, 4) is 0 Å². The summed E-state index contributed by atoms with van der Waals surface area (Å²) in [5, 5.41) is 2.69. The number of carbonyl (C=O) groups excluding carboxylic acids is 2. The molecule has 0 unspecified atom stereocenters. The lowest BCUT2D eigenvalue weighted by molar-refractivity contribution is -0.131. The number of hydrogen-bond donors (Lipinski definition) is 1. The number of carbonyl (C=O) groups is 2. The molecule has 148 valence electrons. The van der Waals surface area contributed by atoms with Gasteiger partial charge in [-0.3, -0.25) is 10.1 Å². The van der Waals surface area contributed by atoms with Crippen molar-refractivity contribution in [3.63, 3.8) is 0 Å². The minimum absolute atomic E-state index is 0.0400. The smallest absolute Gasteiger partial charge is 0.411 e. The summed E-state index contributed by atoms with van der Waals surface area (Å²) in [6.07, 6.45) is 0.209. The zero-order chi connectivity index (χ0) is 20.1. The molecule has 0 aromatic heterocycles. The Balaban J connectivity index is 1.63. The summed E-state index contributed by atoms with van der Waals surface area (Å²) in [5.41, 5.74) is 4.10. The monoisotopic (exact) mass is 398 g/mol. The maximum atomic E-state index is 12.5. The Morgan fingerprint density at radius 2 is 1.75 bits per heavy atom. The van der Waals surface area contributed by atoms with Gasteiger partial charge in [0.1, 0.15) is 12.0 Å². The molecule has 3 rings (SSSR count). The fraction of sp³-hybridized carbons (Fsp3) is 0.364. The summed E-state index contributed by atoms with van der Waals surface area (Å²) in [6.45, 7) is 6.21. The number of hydrogen-bond acceptors (Lipinski definition) is 4. The van der Waals surface area contributed by atoms with Crippen molar-refractivity contribution >= 4 is 29.4 Å². The molecule has 2 aromatic carbocycles. The molecule has 0 aliphatic carbocycles. The van der Waals surface area contributed by atoms with E-state index in [0.717, 1.165) is 11.1 Å². The second kappa shape index (κ2) is 9.15. The number of amides is 2. The number of thioether (sulfide) groups is 1. The molecule has 2 aromatic rings. The second-order valence-electron chi connectivity index (χ2n) is 7.03. The van der Waals surface area contributed by atoms with E-state index in [9.17, 15) is 9.59 Å². The maximum Gasteiger partial charge on any atom is 0.411 e. The molecule has 0 bridgehead atoms. The van der Waals surface area contributed by atoms with Crippen LogP contribution in [0.25, 0.3) is 0 Å². The highest BCUT2D eigenvalue weighted by molar-refractivity contribution is 8.00. The van der Waals surface area contributed by atoms with E-state index in [4.69, 9.17) is 4.74 Å². The fourth-order valence-electron chi connectivity index (χ4n) is 3.18.